The fourth-order valence-corrected chi connectivity index (χ4v) is 1.66. The van der Waals surface area contributed by atoms with E-state index in [4.69, 9.17) is 0 Å². The van der Waals surface area contributed by atoms with Gasteiger partial charge < -0.3 is 5.32 Å². The Morgan fingerprint density at radius 1 is 1.60 bits per heavy atom. The fourth-order valence-electron chi connectivity index (χ4n) is 1.23. The molecule has 2 aromatic rings. The quantitative estimate of drug-likeness (QED) is 0.683. The van der Waals surface area contributed by atoms with E-state index < -0.39 is 0 Å². The van der Waals surface area contributed by atoms with Crippen molar-refractivity contribution in [1.82, 2.24) is 14.6 Å². The van der Waals surface area contributed by atoms with E-state index in [2.05, 4.69) is 37.9 Å². The van der Waals surface area contributed by atoms with Gasteiger partial charge in [0.15, 0.2) is 5.65 Å². The molecule has 2 rings (SSSR count). The van der Waals surface area contributed by atoms with Crippen LogP contribution in [0, 0.1) is 0 Å². The minimum Gasteiger partial charge on any atom is -0.353 e. The lowest BCUT2D eigenvalue weighted by Crippen LogP contribution is -2.01. The zero-order valence-corrected chi connectivity index (χ0v) is 9.74. The molecule has 0 fully saturated rings. The Morgan fingerprint density at radius 3 is 3.20 bits per heavy atom. The molecule has 0 aromatic carbocycles. The number of fused-ring (bicyclic) bond motifs is 1. The normalized spacial score (nSPS) is 10.5. The van der Waals surface area contributed by atoms with Gasteiger partial charge in [0.2, 0.25) is 5.95 Å². The van der Waals surface area contributed by atoms with Crippen LogP contribution in [-0.2, 0) is 0 Å². The molecule has 0 bridgehead atoms. The molecule has 0 atom stereocenters. The summed E-state index contributed by atoms with van der Waals surface area (Å²) in [7, 11) is 0. The number of pyridine rings is 1. The van der Waals surface area contributed by atoms with Crippen LogP contribution in [0.3, 0.4) is 0 Å². The van der Waals surface area contributed by atoms with Crippen molar-refractivity contribution in [3.05, 3.63) is 35.5 Å². The van der Waals surface area contributed by atoms with Gasteiger partial charge >= 0.3 is 0 Å². The summed E-state index contributed by atoms with van der Waals surface area (Å²) in [6.07, 6.45) is 4.63. The summed E-state index contributed by atoms with van der Waals surface area (Å²) in [5, 5.41) is 7.40. The number of aromatic nitrogens is 3. The van der Waals surface area contributed by atoms with Crippen LogP contribution in [0.25, 0.3) is 5.65 Å². The molecule has 15 heavy (non-hydrogen) atoms. The molecule has 5 heteroatoms. The Hall–Kier alpha value is -1.36. The molecular weight excluding hydrogens is 256 g/mol. The van der Waals surface area contributed by atoms with E-state index in [0.29, 0.717) is 5.95 Å². The first-order valence-electron chi connectivity index (χ1n) is 4.67. The highest BCUT2D eigenvalue weighted by molar-refractivity contribution is 9.10. The predicted octanol–water partition coefficient (Wildman–Crippen LogP) is 2.48. The summed E-state index contributed by atoms with van der Waals surface area (Å²) in [4.78, 5) is 4.34. The van der Waals surface area contributed by atoms with E-state index in [0.717, 1.165) is 23.1 Å². The Labute approximate surface area is 96.1 Å². The number of nitrogens with one attached hydrogen (secondary N) is 1. The van der Waals surface area contributed by atoms with Crippen LogP contribution in [0.5, 0.6) is 0 Å². The monoisotopic (exact) mass is 266 g/mol. The van der Waals surface area contributed by atoms with Crippen LogP contribution in [0.4, 0.5) is 5.95 Å². The zero-order chi connectivity index (χ0) is 10.7. The van der Waals surface area contributed by atoms with Crippen molar-refractivity contribution in [3.63, 3.8) is 0 Å². The zero-order valence-electron chi connectivity index (χ0n) is 8.15. The highest BCUT2D eigenvalue weighted by Crippen LogP contribution is 2.16. The number of halogens is 1. The van der Waals surface area contributed by atoms with Crippen LogP contribution in [0.1, 0.15) is 6.42 Å². The van der Waals surface area contributed by atoms with Gasteiger partial charge in [-0.1, -0.05) is 6.08 Å². The van der Waals surface area contributed by atoms with E-state index in [1.54, 1.807) is 4.52 Å². The second kappa shape index (κ2) is 4.44. The Balaban J connectivity index is 2.23. The van der Waals surface area contributed by atoms with Crippen molar-refractivity contribution in [2.45, 2.75) is 6.42 Å². The van der Waals surface area contributed by atoms with E-state index in [1.165, 1.54) is 0 Å². The van der Waals surface area contributed by atoms with Crippen LogP contribution < -0.4 is 5.32 Å². The van der Waals surface area contributed by atoms with Crippen molar-refractivity contribution in [2.75, 3.05) is 11.9 Å². The van der Waals surface area contributed by atoms with E-state index in [1.807, 2.05) is 24.4 Å². The molecule has 2 aromatic heterocycles. The number of hydrogen-bond donors (Lipinski definition) is 1. The van der Waals surface area contributed by atoms with Gasteiger partial charge in [0, 0.05) is 12.7 Å². The average molecular weight is 267 g/mol. The number of anilines is 1. The molecule has 0 aliphatic rings. The van der Waals surface area contributed by atoms with Gasteiger partial charge in [0.25, 0.3) is 0 Å². The second-order valence-electron chi connectivity index (χ2n) is 3.06. The topological polar surface area (TPSA) is 42.2 Å². The maximum atomic E-state index is 4.34. The summed E-state index contributed by atoms with van der Waals surface area (Å²) < 4.78 is 2.68. The molecular formula is C10H11BrN4. The van der Waals surface area contributed by atoms with Crippen molar-refractivity contribution in [2.24, 2.45) is 0 Å². The molecule has 0 spiro atoms. The van der Waals surface area contributed by atoms with Gasteiger partial charge in [0.1, 0.15) is 0 Å². The first-order valence-corrected chi connectivity index (χ1v) is 5.46. The third-order valence-corrected chi connectivity index (χ3v) is 2.57. The number of hydrogen-bond acceptors (Lipinski definition) is 3. The first kappa shape index (κ1) is 10.2. The summed E-state index contributed by atoms with van der Waals surface area (Å²) in [6, 6.07) is 3.86. The van der Waals surface area contributed by atoms with Gasteiger partial charge in [-0.05, 0) is 34.5 Å². The predicted molar refractivity (Wildman–Crippen MR) is 64.0 cm³/mol. The fraction of sp³-hybridized carbons (Fsp3) is 0.200. The van der Waals surface area contributed by atoms with Gasteiger partial charge in [-0.15, -0.1) is 11.7 Å². The standard InChI is InChI=1S/C10H11BrN4/c1-2-3-6-12-10-13-9-8(11)5-4-7-15(9)14-10/h2,4-5,7H,1,3,6H2,(H,12,14). The summed E-state index contributed by atoms with van der Waals surface area (Å²) >= 11 is 3.42. The minimum absolute atomic E-state index is 0.642. The van der Waals surface area contributed by atoms with E-state index in [9.17, 15) is 0 Å². The first-order chi connectivity index (χ1) is 7.31. The van der Waals surface area contributed by atoms with E-state index in [-0.39, 0.29) is 0 Å². The Morgan fingerprint density at radius 2 is 2.47 bits per heavy atom. The summed E-state index contributed by atoms with van der Waals surface area (Å²) in [5.41, 5.74) is 0.818. The maximum absolute atomic E-state index is 4.34. The molecule has 2 heterocycles. The lowest BCUT2D eigenvalue weighted by atomic mass is 10.4. The van der Waals surface area contributed by atoms with Crippen LogP contribution in [0.2, 0.25) is 0 Å². The molecule has 0 saturated carbocycles. The third kappa shape index (κ3) is 2.18. The average Bonchev–Trinajstić information content (AvgIpc) is 2.63. The number of nitrogens with zero attached hydrogens (tertiary/aromatic N) is 3. The molecule has 78 valence electrons. The number of rotatable bonds is 4. The lowest BCUT2D eigenvalue weighted by Gasteiger charge is -1.95. The molecule has 0 aliphatic carbocycles. The van der Waals surface area contributed by atoms with Crippen molar-refractivity contribution in [3.8, 4) is 0 Å². The molecule has 0 radical (unpaired) electrons. The van der Waals surface area contributed by atoms with Crippen molar-refractivity contribution >= 4 is 27.5 Å². The Kier molecular flexibility index (Phi) is 3.01. The van der Waals surface area contributed by atoms with Crippen molar-refractivity contribution < 1.29 is 0 Å². The molecule has 4 nitrogen and oxygen atoms in total. The van der Waals surface area contributed by atoms with Gasteiger partial charge in [-0.25, -0.2) is 4.52 Å². The SMILES string of the molecule is C=CCCNc1nc2c(Br)cccn2n1. The minimum atomic E-state index is 0.642. The molecule has 0 unspecified atom stereocenters. The molecule has 0 amide bonds. The lowest BCUT2D eigenvalue weighted by molar-refractivity contribution is 0.943. The Bertz CT molecular complexity index is 477. The van der Waals surface area contributed by atoms with Gasteiger partial charge in [-0.2, -0.15) is 4.98 Å². The highest BCUT2D eigenvalue weighted by Gasteiger charge is 2.04. The summed E-state index contributed by atoms with van der Waals surface area (Å²) in [6.45, 7) is 4.46. The molecule has 0 aliphatic heterocycles. The molecule has 1 N–H and O–H groups in total. The molecule has 0 saturated heterocycles. The van der Waals surface area contributed by atoms with Crippen LogP contribution >= 0.6 is 15.9 Å². The smallest absolute Gasteiger partial charge is 0.243 e. The van der Waals surface area contributed by atoms with E-state index >= 15 is 0 Å². The van der Waals surface area contributed by atoms with Gasteiger partial charge in [0.05, 0.1) is 4.47 Å². The maximum Gasteiger partial charge on any atom is 0.243 e. The van der Waals surface area contributed by atoms with Crippen LogP contribution in [0.15, 0.2) is 35.5 Å². The largest absolute Gasteiger partial charge is 0.353 e. The van der Waals surface area contributed by atoms with Gasteiger partial charge in [-0.3, -0.25) is 0 Å². The highest BCUT2D eigenvalue weighted by atomic mass is 79.9. The summed E-state index contributed by atoms with van der Waals surface area (Å²) in [5.74, 6) is 0.642. The third-order valence-electron chi connectivity index (χ3n) is 1.95. The second-order valence-corrected chi connectivity index (χ2v) is 3.92. The van der Waals surface area contributed by atoms with Crippen molar-refractivity contribution in [1.29, 1.82) is 0 Å². The van der Waals surface area contributed by atoms with Crippen LogP contribution in [-0.4, -0.2) is 21.1 Å².